The van der Waals surface area contributed by atoms with E-state index in [4.69, 9.17) is 11.6 Å². The lowest BCUT2D eigenvalue weighted by Gasteiger charge is -2.20. The van der Waals surface area contributed by atoms with Crippen LogP contribution in [0.3, 0.4) is 0 Å². The molecule has 100 valence electrons. The van der Waals surface area contributed by atoms with Gasteiger partial charge in [-0.15, -0.1) is 0 Å². The lowest BCUT2D eigenvalue weighted by atomic mass is 9.95. The van der Waals surface area contributed by atoms with Gasteiger partial charge in [0.25, 0.3) is 0 Å². The van der Waals surface area contributed by atoms with Gasteiger partial charge in [-0.05, 0) is 43.7 Å². The minimum absolute atomic E-state index is 0.223. The zero-order chi connectivity index (χ0) is 13.8. The normalized spacial score (nSPS) is 12.4. The molecular weight excluding hydrogens is 254 g/mol. The molecule has 1 nitrogen and oxygen atoms in total. The van der Waals surface area contributed by atoms with Gasteiger partial charge in [-0.1, -0.05) is 60.0 Å². The van der Waals surface area contributed by atoms with Crippen LogP contribution in [0.2, 0.25) is 5.02 Å². The van der Waals surface area contributed by atoms with Crippen molar-refractivity contribution in [3.63, 3.8) is 0 Å². The van der Waals surface area contributed by atoms with Crippen LogP contribution in [0, 0.1) is 13.8 Å². The molecule has 2 aromatic rings. The predicted molar refractivity (Wildman–Crippen MR) is 82.9 cm³/mol. The minimum atomic E-state index is 0.223. The van der Waals surface area contributed by atoms with Crippen LogP contribution in [0.1, 0.15) is 35.2 Å². The summed E-state index contributed by atoms with van der Waals surface area (Å²) in [5.41, 5.74) is 5.15. The molecule has 2 rings (SSSR count). The Labute approximate surface area is 120 Å². The highest BCUT2D eigenvalue weighted by Gasteiger charge is 2.13. The van der Waals surface area contributed by atoms with Gasteiger partial charge < -0.3 is 5.32 Å². The molecule has 0 saturated heterocycles. The molecule has 0 heterocycles. The predicted octanol–water partition coefficient (Wildman–Crippen LogP) is 4.66. The number of benzene rings is 2. The molecule has 1 unspecified atom stereocenters. The third-order valence-electron chi connectivity index (χ3n) is 3.19. The van der Waals surface area contributed by atoms with Crippen molar-refractivity contribution in [1.29, 1.82) is 0 Å². The van der Waals surface area contributed by atoms with Gasteiger partial charge in [-0.2, -0.15) is 0 Å². The van der Waals surface area contributed by atoms with Gasteiger partial charge in [0.05, 0.1) is 6.04 Å². The maximum atomic E-state index is 5.97. The second-order valence-electron chi connectivity index (χ2n) is 4.96. The zero-order valence-electron chi connectivity index (χ0n) is 11.7. The molecule has 0 aliphatic rings. The summed E-state index contributed by atoms with van der Waals surface area (Å²) in [6.07, 6.45) is 0. The fraction of sp³-hybridized carbons (Fsp3) is 0.294. The fourth-order valence-corrected chi connectivity index (χ4v) is 2.59. The topological polar surface area (TPSA) is 12.0 Å². The van der Waals surface area contributed by atoms with E-state index in [1.54, 1.807) is 0 Å². The number of hydrogen-bond acceptors (Lipinski definition) is 1. The molecule has 0 fully saturated rings. The van der Waals surface area contributed by atoms with E-state index in [0.29, 0.717) is 0 Å². The lowest BCUT2D eigenvalue weighted by Crippen LogP contribution is -2.22. The Morgan fingerprint density at radius 3 is 2.05 bits per heavy atom. The molecule has 1 atom stereocenters. The van der Waals surface area contributed by atoms with Crippen molar-refractivity contribution in [1.82, 2.24) is 5.32 Å². The van der Waals surface area contributed by atoms with Crippen molar-refractivity contribution in [2.45, 2.75) is 26.8 Å². The van der Waals surface area contributed by atoms with Crippen LogP contribution in [0.25, 0.3) is 0 Å². The van der Waals surface area contributed by atoms with Crippen molar-refractivity contribution in [2.24, 2.45) is 0 Å². The molecular formula is C17H20ClN. The smallest absolute Gasteiger partial charge is 0.0576 e. The Morgan fingerprint density at radius 2 is 1.53 bits per heavy atom. The van der Waals surface area contributed by atoms with Gasteiger partial charge in [-0.3, -0.25) is 0 Å². The number of rotatable bonds is 4. The number of nitrogens with one attached hydrogen (secondary N) is 1. The highest BCUT2D eigenvalue weighted by Crippen LogP contribution is 2.25. The van der Waals surface area contributed by atoms with Crippen molar-refractivity contribution in [3.8, 4) is 0 Å². The standard InChI is InChI=1S/C17H20ClN/c1-4-19-17(14-5-7-16(18)8-6-14)15-10-12(2)9-13(3)11-15/h5-11,17,19H,4H2,1-3H3. The van der Waals surface area contributed by atoms with Gasteiger partial charge in [0.1, 0.15) is 0 Å². The average Bonchev–Trinajstić information content (AvgIpc) is 2.36. The molecule has 0 amide bonds. The highest BCUT2D eigenvalue weighted by molar-refractivity contribution is 6.30. The van der Waals surface area contributed by atoms with Crippen LogP contribution in [0.4, 0.5) is 0 Å². The maximum Gasteiger partial charge on any atom is 0.0576 e. The van der Waals surface area contributed by atoms with E-state index >= 15 is 0 Å². The van der Waals surface area contributed by atoms with Gasteiger partial charge >= 0.3 is 0 Å². The summed E-state index contributed by atoms with van der Waals surface area (Å²) in [6, 6.07) is 15.0. The first-order valence-corrected chi connectivity index (χ1v) is 7.05. The third kappa shape index (κ3) is 3.59. The first kappa shape index (κ1) is 14.1. The quantitative estimate of drug-likeness (QED) is 0.855. The molecule has 0 saturated carbocycles. The van der Waals surface area contributed by atoms with Crippen LogP contribution in [0.5, 0.6) is 0 Å². The second kappa shape index (κ2) is 6.23. The van der Waals surface area contributed by atoms with Crippen LogP contribution >= 0.6 is 11.6 Å². The fourth-order valence-electron chi connectivity index (χ4n) is 2.46. The van der Waals surface area contributed by atoms with Crippen molar-refractivity contribution in [2.75, 3.05) is 6.54 Å². The highest BCUT2D eigenvalue weighted by atomic mass is 35.5. The Balaban J connectivity index is 2.41. The molecule has 19 heavy (non-hydrogen) atoms. The van der Waals surface area contributed by atoms with Gasteiger partial charge in [0.2, 0.25) is 0 Å². The maximum absolute atomic E-state index is 5.97. The summed E-state index contributed by atoms with van der Waals surface area (Å²) in [6.45, 7) is 7.34. The molecule has 0 aliphatic heterocycles. The van der Waals surface area contributed by atoms with Gasteiger partial charge in [-0.25, -0.2) is 0 Å². The van der Waals surface area contributed by atoms with Crippen molar-refractivity contribution >= 4 is 11.6 Å². The molecule has 0 aliphatic carbocycles. The van der Waals surface area contributed by atoms with E-state index in [2.05, 4.69) is 56.4 Å². The molecule has 0 aromatic heterocycles. The number of hydrogen-bond donors (Lipinski definition) is 1. The SMILES string of the molecule is CCNC(c1ccc(Cl)cc1)c1cc(C)cc(C)c1. The summed E-state index contributed by atoms with van der Waals surface area (Å²) in [4.78, 5) is 0. The second-order valence-corrected chi connectivity index (χ2v) is 5.40. The van der Waals surface area contributed by atoms with E-state index < -0.39 is 0 Å². The van der Waals surface area contributed by atoms with E-state index in [0.717, 1.165) is 11.6 Å². The molecule has 2 aromatic carbocycles. The Hall–Kier alpha value is -1.31. The zero-order valence-corrected chi connectivity index (χ0v) is 12.5. The van der Waals surface area contributed by atoms with Crippen LogP contribution in [-0.4, -0.2) is 6.54 Å². The van der Waals surface area contributed by atoms with E-state index in [1.807, 2.05) is 12.1 Å². The molecule has 2 heteroatoms. The van der Waals surface area contributed by atoms with Crippen LogP contribution in [-0.2, 0) is 0 Å². The third-order valence-corrected chi connectivity index (χ3v) is 3.44. The van der Waals surface area contributed by atoms with Crippen molar-refractivity contribution in [3.05, 3.63) is 69.7 Å². The monoisotopic (exact) mass is 273 g/mol. The van der Waals surface area contributed by atoms with Crippen molar-refractivity contribution < 1.29 is 0 Å². The number of halogens is 1. The molecule has 0 spiro atoms. The summed E-state index contributed by atoms with van der Waals surface area (Å²) in [5.74, 6) is 0. The number of aryl methyl sites for hydroxylation is 2. The summed E-state index contributed by atoms with van der Waals surface area (Å²) >= 11 is 5.97. The summed E-state index contributed by atoms with van der Waals surface area (Å²) in [5, 5.41) is 4.32. The van der Waals surface area contributed by atoms with E-state index in [9.17, 15) is 0 Å². The average molecular weight is 274 g/mol. The first-order valence-electron chi connectivity index (χ1n) is 6.67. The van der Waals surface area contributed by atoms with Crippen LogP contribution < -0.4 is 5.32 Å². The molecule has 1 N–H and O–H groups in total. The van der Waals surface area contributed by atoms with Gasteiger partial charge in [0, 0.05) is 5.02 Å². The van der Waals surface area contributed by atoms with Gasteiger partial charge in [0.15, 0.2) is 0 Å². The van der Waals surface area contributed by atoms with E-state index in [1.165, 1.54) is 22.3 Å². The first-order chi connectivity index (χ1) is 9.10. The van der Waals surface area contributed by atoms with Crippen LogP contribution in [0.15, 0.2) is 42.5 Å². The largest absolute Gasteiger partial charge is 0.307 e. The summed E-state index contributed by atoms with van der Waals surface area (Å²) in [7, 11) is 0. The molecule has 0 radical (unpaired) electrons. The molecule has 0 bridgehead atoms. The Kier molecular flexibility index (Phi) is 4.62. The lowest BCUT2D eigenvalue weighted by molar-refractivity contribution is 0.630. The summed E-state index contributed by atoms with van der Waals surface area (Å²) < 4.78 is 0. The Morgan fingerprint density at radius 1 is 0.947 bits per heavy atom. The van der Waals surface area contributed by atoms with E-state index in [-0.39, 0.29) is 6.04 Å². The minimum Gasteiger partial charge on any atom is -0.307 e. The Bertz CT molecular complexity index is 525.